The van der Waals surface area contributed by atoms with Crippen LogP contribution in [0.15, 0.2) is 48.5 Å². The van der Waals surface area contributed by atoms with Crippen LogP contribution in [0, 0.1) is 6.92 Å². The summed E-state index contributed by atoms with van der Waals surface area (Å²) in [4.78, 5) is 11.9. The monoisotopic (exact) mass is 310 g/mol. The smallest absolute Gasteiger partial charge is 0.331 e. The lowest BCUT2D eigenvalue weighted by atomic mass is 9.96. The average molecular weight is 310 g/mol. The van der Waals surface area contributed by atoms with Gasteiger partial charge in [-0.2, -0.15) is 0 Å². The van der Waals surface area contributed by atoms with E-state index in [0.717, 1.165) is 22.3 Å². The van der Waals surface area contributed by atoms with Crippen LogP contribution in [0.25, 0.3) is 17.2 Å². The van der Waals surface area contributed by atoms with E-state index in [1.165, 1.54) is 6.08 Å². The zero-order valence-electron chi connectivity index (χ0n) is 14.0. The number of esters is 1. The minimum Gasteiger partial charge on any atom is -0.507 e. The van der Waals surface area contributed by atoms with Crippen LogP contribution in [0.4, 0.5) is 0 Å². The maximum atomic E-state index is 11.9. The van der Waals surface area contributed by atoms with E-state index in [0.29, 0.717) is 0 Å². The fourth-order valence-electron chi connectivity index (χ4n) is 2.24. The van der Waals surface area contributed by atoms with Crippen molar-refractivity contribution in [3.8, 4) is 16.9 Å². The number of aromatic hydroxyl groups is 1. The molecule has 3 heteroatoms. The quantitative estimate of drug-likeness (QED) is 0.659. The molecule has 0 heterocycles. The molecule has 2 rings (SSSR count). The molecular weight excluding hydrogens is 288 g/mol. The third kappa shape index (κ3) is 4.71. The van der Waals surface area contributed by atoms with Gasteiger partial charge in [-0.25, -0.2) is 4.79 Å². The number of benzene rings is 2. The molecule has 0 unspecified atom stereocenters. The van der Waals surface area contributed by atoms with Gasteiger partial charge in [-0.3, -0.25) is 0 Å². The Morgan fingerprint density at radius 1 is 1.09 bits per heavy atom. The Labute approximate surface area is 137 Å². The van der Waals surface area contributed by atoms with Crippen molar-refractivity contribution >= 4 is 12.0 Å². The van der Waals surface area contributed by atoms with E-state index in [9.17, 15) is 9.90 Å². The summed E-state index contributed by atoms with van der Waals surface area (Å²) in [6, 6.07) is 13.1. The lowest BCUT2D eigenvalue weighted by molar-refractivity contribution is -0.148. The minimum atomic E-state index is -0.519. The van der Waals surface area contributed by atoms with E-state index < -0.39 is 5.60 Å². The largest absolute Gasteiger partial charge is 0.507 e. The van der Waals surface area contributed by atoms with E-state index in [-0.39, 0.29) is 11.7 Å². The molecule has 0 aromatic heterocycles. The lowest BCUT2D eigenvalue weighted by Crippen LogP contribution is -2.22. The van der Waals surface area contributed by atoms with Gasteiger partial charge in [0.1, 0.15) is 11.4 Å². The highest BCUT2D eigenvalue weighted by Gasteiger charge is 2.14. The topological polar surface area (TPSA) is 46.5 Å². The van der Waals surface area contributed by atoms with Gasteiger partial charge in [0.2, 0.25) is 0 Å². The van der Waals surface area contributed by atoms with Gasteiger partial charge in [0.25, 0.3) is 0 Å². The number of para-hydroxylation sites is 1. The van der Waals surface area contributed by atoms with Crippen LogP contribution < -0.4 is 0 Å². The summed E-state index contributed by atoms with van der Waals surface area (Å²) in [6.07, 6.45) is 3.13. The Balaban J connectivity index is 2.37. The van der Waals surface area contributed by atoms with Crippen molar-refractivity contribution in [3.63, 3.8) is 0 Å². The number of hydrogen-bond acceptors (Lipinski definition) is 3. The summed E-state index contributed by atoms with van der Waals surface area (Å²) >= 11 is 0. The highest BCUT2D eigenvalue weighted by atomic mass is 16.6. The van der Waals surface area contributed by atoms with E-state index >= 15 is 0 Å². The lowest BCUT2D eigenvalue weighted by Gasteiger charge is -2.18. The van der Waals surface area contributed by atoms with E-state index in [4.69, 9.17) is 4.74 Å². The second-order valence-corrected chi connectivity index (χ2v) is 6.47. The molecule has 0 saturated carbocycles. The van der Waals surface area contributed by atoms with Crippen LogP contribution in [0.2, 0.25) is 0 Å². The summed E-state index contributed by atoms with van der Waals surface area (Å²) in [6.45, 7) is 7.49. The van der Waals surface area contributed by atoms with Gasteiger partial charge in [0.15, 0.2) is 0 Å². The molecule has 0 aliphatic rings. The van der Waals surface area contributed by atoms with Crippen molar-refractivity contribution < 1.29 is 14.6 Å². The number of carbonyl (C=O) groups excluding carboxylic acids is 1. The molecule has 23 heavy (non-hydrogen) atoms. The Morgan fingerprint density at radius 2 is 1.78 bits per heavy atom. The maximum Gasteiger partial charge on any atom is 0.331 e. The number of aryl methyl sites for hydroxylation is 1. The predicted octanol–water partition coefficient (Wildman–Crippen LogP) is 4.72. The highest BCUT2D eigenvalue weighted by molar-refractivity contribution is 5.90. The van der Waals surface area contributed by atoms with Gasteiger partial charge in [0.05, 0.1) is 0 Å². The zero-order chi connectivity index (χ0) is 17.0. The molecule has 0 spiro atoms. The minimum absolute atomic E-state index is 0.213. The van der Waals surface area contributed by atoms with Crippen molar-refractivity contribution in [2.75, 3.05) is 0 Å². The Morgan fingerprint density at radius 3 is 2.43 bits per heavy atom. The normalized spacial score (nSPS) is 11.7. The Kier molecular flexibility index (Phi) is 4.89. The van der Waals surface area contributed by atoms with Crippen molar-refractivity contribution in [1.82, 2.24) is 0 Å². The van der Waals surface area contributed by atoms with Crippen molar-refractivity contribution in [2.45, 2.75) is 33.3 Å². The van der Waals surface area contributed by atoms with Crippen molar-refractivity contribution in [2.24, 2.45) is 0 Å². The van der Waals surface area contributed by atoms with Crippen molar-refractivity contribution in [1.29, 1.82) is 0 Å². The zero-order valence-corrected chi connectivity index (χ0v) is 14.0. The molecular formula is C20H22O3. The Hall–Kier alpha value is -2.55. The van der Waals surface area contributed by atoms with Gasteiger partial charge in [-0.05, 0) is 51.0 Å². The van der Waals surface area contributed by atoms with Gasteiger partial charge in [-0.15, -0.1) is 0 Å². The van der Waals surface area contributed by atoms with Crippen LogP contribution >= 0.6 is 0 Å². The first-order chi connectivity index (χ1) is 10.8. The number of phenolic OH excluding ortho intramolecular Hbond substituents is 1. The third-order valence-corrected chi connectivity index (χ3v) is 3.21. The fraction of sp³-hybridized carbons (Fsp3) is 0.250. The van der Waals surface area contributed by atoms with E-state index in [2.05, 4.69) is 0 Å². The molecule has 0 radical (unpaired) electrons. The second kappa shape index (κ2) is 6.69. The number of phenols is 1. The van der Waals surface area contributed by atoms with Gasteiger partial charge >= 0.3 is 5.97 Å². The number of ether oxygens (including phenoxy) is 1. The molecule has 1 N–H and O–H groups in total. The van der Waals surface area contributed by atoms with Crippen LogP contribution in [0.5, 0.6) is 5.75 Å². The molecule has 2 aromatic carbocycles. The number of hydrogen-bond donors (Lipinski definition) is 1. The maximum absolute atomic E-state index is 11.9. The summed E-state index contributed by atoms with van der Waals surface area (Å²) in [5.74, 6) is -0.175. The molecule has 120 valence electrons. The van der Waals surface area contributed by atoms with E-state index in [1.54, 1.807) is 18.2 Å². The number of carbonyl (C=O) groups is 1. The molecule has 2 aromatic rings. The van der Waals surface area contributed by atoms with Gasteiger partial charge in [-0.1, -0.05) is 42.0 Å². The van der Waals surface area contributed by atoms with Gasteiger partial charge in [0, 0.05) is 11.6 Å². The van der Waals surface area contributed by atoms with Crippen LogP contribution in [-0.4, -0.2) is 16.7 Å². The molecule has 0 aliphatic heterocycles. The predicted molar refractivity (Wildman–Crippen MR) is 93.2 cm³/mol. The fourth-order valence-corrected chi connectivity index (χ4v) is 2.24. The molecule has 3 nitrogen and oxygen atoms in total. The van der Waals surface area contributed by atoms with Gasteiger partial charge < -0.3 is 9.84 Å². The molecule has 0 bridgehead atoms. The standard InChI is InChI=1S/C20H22O3/c1-14-9-10-15(11-12-19(22)23-20(2,3)4)17(13-14)16-7-5-6-8-18(16)21/h5-13,21H,1-4H3/b12-11+. The summed E-state index contributed by atoms with van der Waals surface area (Å²) in [5.41, 5.74) is 3.03. The molecule has 0 atom stereocenters. The molecule has 0 saturated heterocycles. The molecule has 0 amide bonds. The molecule has 0 aliphatic carbocycles. The summed E-state index contributed by atoms with van der Waals surface area (Å²) < 4.78 is 5.28. The molecule has 0 fully saturated rings. The average Bonchev–Trinajstić information content (AvgIpc) is 2.44. The first-order valence-electron chi connectivity index (χ1n) is 7.56. The third-order valence-electron chi connectivity index (χ3n) is 3.21. The second-order valence-electron chi connectivity index (χ2n) is 6.47. The van der Waals surface area contributed by atoms with Crippen LogP contribution in [0.3, 0.4) is 0 Å². The van der Waals surface area contributed by atoms with Crippen LogP contribution in [-0.2, 0) is 9.53 Å². The first-order valence-corrected chi connectivity index (χ1v) is 7.56. The van der Waals surface area contributed by atoms with Crippen LogP contribution in [0.1, 0.15) is 31.9 Å². The SMILES string of the molecule is Cc1ccc(/C=C/C(=O)OC(C)(C)C)c(-c2ccccc2O)c1. The Bertz CT molecular complexity index is 737. The summed E-state index contributed by atoms with van der Waals surface area (Å²) in [5, 5.41) is 10.1. The van der Waals surface area contributed by atoms with Crippen molar-refractivity contribution in [3.05, 3.63) is 59.7 Å². The highest BCUT2D eigenvalue weighted by Crippen LogP contribution is 2.32. The van der Waals surface area contributed by atoms with E-state index in [1.807, 2.05) is 58.0 Å². The number of rotatable bonds is 3. The summed E-state index contributed by atoms with van der Waals surface area (Å²) in [7, 11) is 0. The first kappa shape index (κ1) is 16.8.